The van der Waals surface area contributed by atoms with E-state index in [1.54, 1.807) is 12.1 Å². The molecule has 0 heterocycles. The van der Waals surface area contributed by atoms with E-state index in [1.807, 2.05) is 25.1 Å². The van der Waals surface area contributed by atoms with E-state index >= 15 is 0 Å². The van der Waals surface area contributed by atoms with Crippen molar-refractivity contribution in [3.05, 3.63) is 65.0 Å². The third-order valence-corrected chi connectivity index (χ3v) is 4.11. The lowest BCUT2D eigenvalue weighted by Gasteiger charge is -2.24. The zero-order valence-electron chi connectivity index (χ0n) is 12.2. The SMILES string of the molecule is Cc1ccc(F)c(OC2CCCc3ccccc3C2N)c1. The van der Waals surface area contributed by atoms with Gasteiger partial charge in [0.2, 0.25) is 0 Å². The van der Waals surface area contributed by atoms with Crippen molar-refractivity contribution < 1.29 is 9.13 Å². The van der Waals surface area contributed by atoms with Gasteiger partial charge in [0, 0.05) is 0 Å². The highest BCUT2D eigenvalue weighted by Gasteiger charge is 2.26. The van der Waals surface area contributed by atoms with Crippen molar-refractivity contribution >= 4 is 0 Å². The monoisotopic (exact) mass is 285 g/mol. The summed E-state index contributed by atoms with van der Waals surface area (Å²) in [4.78, 5) is 0. The van der Waals surface area contributed by atoms with E-state index in [-0.39, 0.29) is 18.0 Å². The number of ether oxygens (including phenoxy) is 1. The number of benzene rings is 2. The first-order chi connectivity index (χ1) is 10.1. The topological polar surface area (TPSA) is 35.2 Å². The fourth-order valence-electron chi connectivity index (χ4n) is 2.96. The Morgan fingerprint density at radius 3 is 2.86 bits per heavy atom. The summed E-state index contributed by atoms with van der Waals surface area (Å²) in [6.45, 7) is 1.93. The maximum absolute atomic E-state index is 13.9. The molecule has 3 heteroatoms. The molecule has 0 radical (unpaired) electrons. The van der Waals surface area contributed by atoms with E-state index in [0.29, 0.717) is 5.75 Å². The molecule has 0 bridgehead atoms. The lowest BCUT2D eigenvalue weighted by molar-refractivity contribution is 0.155. The molecule has 3 rings (SSSR count). The van der Waals surface area contributed by atoms with Crippen LogP contribution in [-0.4, -0.2) is 6.10 Å². The van der Waals surface area contributed by atoms with E-state index in [1.165, 1.54) is 11.6 Å². The molecule has 2 atom stereocenters. The fourth-order valence-corrected chi connectivity index (χ4v) is 2.96. The first-order valence-electron chi connectivity index (χ1n) is 7.41. The van der Waals surface area contributed by atoms with Crippen molar-refractivity contribution in [3.63, 3.8) is 0 Å². The third kappa shape index (κ3) is 2.93. The molecule has 2 nitrogen and oxygen atoms in total. The van der Waals surface area contributed by atoms with E-state index in [2.05, 4.69) is 6.07 Å². The molecule has 21 heavy (non-hydrogen) atoms. The van der Waals surface area contributed by atoms with Gasteiger partial charge < -0.3 is 10.5 Å². The second kappa shape index (κ2) is 5.86. The van der Waals surface area contributed by atoms with Crippen molar-refractivity contribution in [1.29, 1.82) is 0 Å². The van der Waals surface area contributed by atoms with Crippen LogP contribution in [0.25, 0.3) is 0 Å². The van der Waals surface area contributed by atoms with Crippen LogP contribution in [0.2, 0.25) is 0 Å². The Balaban J connectivity index is 1.87. The van der Waals surface area contributed by atoms with E-state index in [0.717, 1.165) is 30.4 Å². The number of aryl methyl sites for hydroxylation is 2. The third-order valence-electron chi connectivity index (χ3n) is 4.11. The number of halogens is 1. The molecular weight excluding hydrogens is 265 g/mol. The van der Waals surface area contributed by atoms with Crippen molar-refractivity contribution in [2.45, 2.75) is 38.3 Å². The zero-order valence-corrected chi connectivity index (χ0v) is 12.2. The Labute approximate surface area is 124 Å². The van der Waals surface area contributed by atoms with Gasteiger partial charge >= 0.3 is 0 Å². The zero-order chi connectivity index (χ0) is 14.8. The number of rotatable bonds is 2. The first kappa shape index (κ1) is 14.1. The normalized spacial score (nSPS) is 21.5. The maximum atomic E-state index is 13.9. The van der Waals surface area contributed by atoms with Gasteiger partial charge in [-0.05, 0) is 55.0 Å². The second-order valence-corrected chi connectivity index (χ2v) is 5.71. The molecule has 0 amide bonds. The Morgan fingerprint density at radius 2 is 2.00 bits per heavy atom. The van der Waals surface area contributed by atoms with Crippen molar-refractivity contribution in [1.82, 2.24) is 0 Å². The van der Waals surface area contributed by atoms with Gasteiger partial charge in [0.05, 0.1) is 6.04 Å². The van der Waals surface area contributed by atoms with Crippen molar-refractivity contribution in [2.24, 2.45) is 5.73 Å². The molecule has 2 N–H and O–H groups in total. The fraction of sp³-hybridized carbons (Fsp3) is 0.333. The maximum Gasteiger partial charge on any atom is 0.165 e. The van der Waals surface area contributed by atoms with Gasteiger partial charge in [-0.1, -0.05) is 30.3 Å². The van der Waals surface area contributed by atoms with Crippen LogP contribution in [0.3, 0.4) is 0 Å². The predicted molar refractivity (Wildman–Crippen MR) is 81.9 cm³/mol. The standard InChI is InChI=1S/C18H20FNO/c1-12-9-10-15(19)17(11-12)21-16-8-4-6-13-5-2-3-7-14(13)18(16)20/h2-3,5,7,9-11,16,18H,4,6,8,20H2,1H3. The Bertz CT molecular complexity index is 641. The van der Waals surface area contributed by atoms with Crippen LogP contribution in [0.1, 0.15) is 35.6 Å². The van der Waals surface area contributed by atoms with Gasteiger partial charge in [0.15, 0.2) is 11.6 Å². The highest BCUT2D eigenvalue weighted by atomic mass is 19.1. The predicted octanol–water partition coefficient (Wildman–Crippen LogP) is 3.92. The van der Waals surface area contributed by atoms with Crippen LogP contribution in [0.15, 0.2) is 42.5 Å². The summed E-state index contributed by atoms with van der Waals surface area (Å²) in [6, 6.07) is 12.9. The average molecular weight is 285 g/mol. The lowest BCUT2D eigenvalue weighted by Crippen LogP contribution is -2.31. The van der Waals surface area contributed by atoms with Crippen LogP contribution in [0, 0.1) is 12.7 Å². The molecule has 1 aliphatic carbocycles. The van der Waals surface area contributed by atoms with Gasteiger partial charge in [-0.15, -0.1) is 0 Å². The number of fused-ring (bicyclic) bond motifs is 1. The van der Waals surface area contributed by atoms with Gasteiger partial charge in [0.1, 0.15) is 6.10 Å². The summed E-state index contributed by atoms with van der Waals surface area (Å²) in [5.74, 6) is -0.0276. The summed E-state index contributed by atoms with van der Waals surface area (Å²) in [6.07, 6.45) is 2.65. The van der Waals surface area contributed by atoms with Crippen molar-refractivity contribution in [2.75, 3.05) is 0 Å². The van der Waals surface area contributed by atoms with Gasteiger partial charge in [0.25, 0.3) is 0 Å². The molecule has 0 aliphatic heterocycles. The molecule has 0 spiro atoms. The van der Waals surface area contributed by atoms with Gasteiger partial charge in [-0.3, -0.25) is 0 Å². The first-order valence-corrected chi connectivity index (χ1v) is 7.41. The van der Waals surface area contributed by atoms with Crippen LogP contribution in [-0.2, 0) is 6.42 Å². The molecule has 2 aromatic carbocycles. The van der Waals surface area contributed by atoms with Crippen molar-refractivity contribution in [3.8, 4) is 5.75 Å². The Hall–Kier alpha value is -1.87. The minimum atomic E-state index is -0.328. The lowest BCUT2D eigenvalue weighted by atomic mass is 9.98. The summed E-state index contributed by atoms with van der Waals surface area (Å²) in [5, 5.41) is 0. The van der Waals surface area contributed by atoms with E-state index < -0.39 is 0 Å². The smallest absolute Gasteiger partial charge is 0.165 e. The molecule has 0 saturated heterocycles. The average Bonchev–Trinajstić information content (AvgIpc) is 2.64. The number of hydrogen-bond acceptors (Lipinski definition) is 2. The minimum absolute atomic E-state index is 0.190. The highest BCUT2D eigenvalue weighted by Crippen LogP contribution is 2.31. The Morgan fingerprint density at radius 1 is 1.19 bits per heavy atom. The van der Waals surface area contributed by atoms with Gasteiger partial charge in [-0.25, -0.2) is 4.39 Å². The second-order valence-electron chi connectivity index (χ2n) is 5.71. The largest absolute Gasteiger partial charge is 0.485 e. The van der Waals surface area contributed by atoms with Crippen LogP contribution >= 0.6 is 0 Å². The minimum Gasteiger partial charge on any atom is -0.485 e. The summed E-state index contributed by atoms with van der Waals surface area (Å²) >= 11 is 0. The molecule has 0 saturated carbocycles. The molecule has 110 valence electrons. The highest BCUT2D eigenvalue weighted by molar-refractivity contribution is 5.33. The molecular formula is C18H20FNO. The van der Waals surface area contributed by atoms with E-state index in [9.17, 15) is 4.39 Å². The number of nitrogens with two attached hydrogens (primary N) is 1. The molecule has 0 aromatic heterocycles. The van der Waals surface area contributed by atoms with E-state index in [4.69, 9.17) is 10.5 Å². The van der Waals surface area contributed by atoms with Crippen LogP contribution in [0.5, 0.6) is 5.75 Å². The molecule has 1 aliphatic rings. The number of hydrogen-bond donors (Lipinski definition) is 1. The molecule has 2 aromatic rings. The summed E-state index contributed by atoms with van der Waals surface area (Å²) in [7, 11) is 0. The molecule has 2 unspecified atom stereocenters. The quantitative estimate of drug-likeness (QED) is 0.849. The summed E-state index contributed by atoms with van der Waals surface area (Å²) < 4.78 is 19.8. The Kier molecular flexibility index (Phi) is 3.93. The van der Waals surface area contributed by atoms with Gasteiger partial charge in [-0.2, -0.15) is 0 Å². The summed E-state index contributed by atoms with van der Waals surface area (Å²) in [5.41, 5.74) is 9.76. The van der Waals surface area contributed by atoms with Crippen LogP contribution in [0.4, 0.5) is 4.39 Å². The molecule has 0 fully saturated rings. The van der Waals surface area contributed by atoms with Crippen LogP contribution < -0.4 is 10.5 Å².